The van der Waals surface area contributed by atoms with Crippen molar-refractivity contribution < 1.29 is 8.91 Å². The van der Waals surface area contributed by atoms with Gasteiger partial charge >= 0.3 is 0 Å². The van der Waals surface area contributed by atoms with Gasteiger partial charge in [-0.3, -0.25) is 9.78 Å². The Balaban J connectivity index is 1.73. The van der Waals surface area contributed by atoms with E-state index in [1.165, 1.54) is 17.5 Å². The average molecular weight is 404 g/mol. The van der Waals surface area contributed by atoms with Gasteiger partial charge < -0.3 is 10.6 Å². The standard InChI is InChI=1S/C23H20N4OS/c1-4-14-9-16(12(2)10-24-14)18-6-5-15-17(27-18)7-8-19-20(15)21-22(29-19)23(28)26-13(3)11-25-21/h4-10,13,25H,1,11H2,2-3H3,(H,26,28)/t13-/m1/s1/i2D3. The van der Waals surface area contributed by atoms with Crippen molar-refractivity contribution >= 4 is 50.0 Å². The lowest BCUT2D eigenvalue weighted by molar-refractivity contribution is 0.0949. The van der Waals surface area contributed by atoms with E-state index in [0.29, 0.717) is 28.4 Å². The molecule has 5 nitrogen and oxygen atoms in total. The molecule has 5 rings (SSSR count). The molecule has 3 aromatic heterocycles. The van der Waals surface area contributed by atoms with Crippen molar-refractivity contribution in [1.29, 1.82) is 0 Å². The summed E-state index contributed by atoms with van der Waals surface area (Å²) < 4.78 is 24.7. The molecule has 0 fully saturated rings. The number of amides is 1. The second-order valence-electron chi connectivity index (χ2n) is 7.12. The number of hydrogen-bond acceptors (Lipinski definition) is 5. The topological polar surface area (TPSA) is 66.9 Å². The lowest BCUT2D eigenvalue weighted by atomic mass is 10.0. The second kappa shape index (κ2) is 6.67. The zero-order valence-electron chi connectivity index (χ0n) is 18.7. The molecule has 0 radical (unpaired) electrons. The Hall–Kier alpha value is -3.25. The van der Waals surface area contributed by atoms with Gasteiger partial charge in [-0.1, -0.05) is 6.58 Å². The molecule has 0 saturated carbocycles. The predicted molar refractivity (Wildman–Crippen MR) is 121 cm³/mol. The first-order chi connectivity index (χ1) is 15.3. The van der Waals surface area contributed by atoms with Gasteiger partial charge in [-0.15, -0.1) is 11.3 Å². The number of carbonyl (C=O) groups excluding carboxylic acids is 1. The summed E-state index contributed by atoms with van der Waals surface area (Å²) in [5.74, 6) is -0.0764. The van der Waals surface area contributed by atoms with Crippen LogP contribution in [0.25, 0.3) is 38.3 Å². The molecule has 1 atom stereocenters. The van der Waals surface area contributed by atoms with Crippen LogP contribution in [-0.2, 0) is 0 Å². The number of carbonyl (C=O) groups is 1. The number of fused-ring (bicyclic) bond motifs is 5. The van der Waals surface area contributed by atoms with Crippen LogP contribution in [0.5, 0.6) is 0 Å². The van der Waals surface area contributed by atoms with Crippen LogP contribution in [0.3, 0.4) is 0 Å². The summed E-state index contributed by atoms with van der Waals surface area (Å²) in [5, 5.41) is 8.28. The molecule has 0 bridgehead atoms. The number of thiophene rings is 1. The van der Waals surface area contributed by atoms with Gasteiger partial charge in [0, 0.05) is 43.9 Å². The highest BCUT2D eigenvalue weighted by Crippen LogP contribution is 2.41. The Labute approximate surface area is 176 Å². The van der Waals surface area contributed by atoms with Crippen LogP contribution in [0, 0.1) is 6.85 Å². The SMILES string of the molecule is [2H]C([2H])([2H])c1cnc(C=C)cc1-c1ccc2c(ccc3sc4c(c32)NC[C@@H](C)NC4=O)n1. The van der Waals surface area contributed by atoms with Crippen LogP contribution in [-0.4, -0.2) is 28.5 Å². The quantitative estimate of drug-likeness (QED) is 0.494. The third-order valence-electron chi connectivity index (χ3n) is 5.10. The molecule has 1 aliphatic rings. The van der Waals surface area contributed by atoms with E-state index in [1.54, 1.807) is 12.1 Å². The molecule has 29 heavy (non-hydrogen) atoms. The molecular weight excluding hydrogens is 380 g/mol. The van der Waals surface area contributed by atoms with E-state index in [1.807, 2.05) is 31.2 Å². The summed E-state index contributed by atoms with van der Waals surface area (Å²) in [6, 6.07) is 9.35. The maximum absolute atomic E-state index is 12.6. The molecule has 0 spiro atoms. The molecule has 0 unspecified atom stereocenters. The fourth-order valence-electron chi connectivity index (χ4n) is 3.67. The monoisotopic (exact) mass is 403 g/mol. The van der Waals surface area contributed by atoms with Gasteiger partial charge in [-0.25, -0.2) is 4.98 Å². The van der Waals surface area contributed by atoms with Crippen molar-refractivity contribution in [1.82, 2.24) is 15.3 Å². The first-order valence-electron chi connectivity index (χ1n) is 10.8. The van der Waals surface area contributed by atoms with Crippen molar-refractivity contribution in [2.45, 2.75) is 19.8 Å². The Morgan fingerprint density at radius 2 is 2.24 bits per heavy atom. The summed E-state index contributed by atoms with van der Waals surface area (Å²) in [4.78, 5) is 22.3. The van der Waals surface area contributed by atoms with E-state index in [4.69, 9.17) is 9.10 Å². The van der Waals surface area contributed by atoms with E-state index in [0.717, 1.165) is 26.7 Å². The van der Waals surface area contributed by atoms with Gasteiger partial charge in [0.25, 0.3) is 5.91 Å². The number of benzene rings is 1. The van der Waals surface area contributed by atoms with E-state index < -0.39 is 6.85 Å². The van der Waals surface area contributed by atoms with E-state index in [-0.39, 0.29) is 17.5 Å². The lowest BCUT2D eigenvalue weighted by Gasteiger charge is -2.11. The van der Waals surface area contributed by atoms with Gasteiger partial charge in [0.05, 0.1) is 22.6 Å². The number of aryl methyl sites for hydroxylation is 1. The molecule has 4 heterocycles. The fourth-order valence-corrected chi connectivity index (χ4v) is 4.77. The molecule has 0 aliphatic carbocycles. The molecule has 6 heteroatoms. The normalized spacial score (nSPS) is 18.2. The number of anilines is 1. The van der Waals surface area contributed by atoms with Crippen molar-refractivity contribution in [2.75, 3.05) is 11.9 Å². The number of aromatic nitrogens is 2. The third-order valence-corrected chi connectivity index (χ3v) is 6.25. The number of nitrogens with zero attached hydrogens (tertiary/aromatic N) is 2. The highest BCUT2D eigenvalue weighted by molar-refractivity contribution is 7.21. The fraction of sp³-hybridized carbons (Fsp3) is 0.174. The Kier molecular flexibility index (Phi) is 3.38. The summed E-state index contributed by atoms with van der Waals surface area (Å²) in [5.41, 5.74) is 3.34. The van der Waals surface area contributed by atoms with E-state index in [9.17, 15) is 4.79 Å². The summed E-state index contributed by atoms with van der Waals surface area (Å²) in [6.07, 6.45) is 2.95. The average Bonchev–Trinajstić information content (AvgIpc) is 3.09. The molecule has 2 N–H and O–H groups in total. The Bertz CT molecular complexity index is 1410. The minimum absolute atomic E-state index is 0.0286. The first-order valence-corrected chi connectivity index (χ1v) is 10.1. The van der Waals surface area contributed by atoms with Gasteiger partial charge in [-0.2, -0.15) is 0 Å². The molecule has 144 valence electrons. The van der Waals surface area contributed by atoms with E-state index in [2.05, 4.69) is 22.2 Å². The van der Waals surface area contributed by atoms with Gasteiger partial charge in [0.1, 0.15) is 4.88 Å². The van der Waals surface area contributed by atoms with Crippen LogP contribution in [0.15, 0.2) is 43.1 Å². The maximum atomic E-state index is 12.6. The minimum atomic E-state index is -2.32. The van der Waals surface area contributed by atoms with Crippen LogP contribution in [0.4, 0.5) is 5.69 Å². The summed E-state index contributed by atoms with van der Waals surface area (Å²) >= 11 is 1.45. The van der Waals surface area contributed by atoms with Crippen LogP contribution >= 0.6 is 11.3 Å². The van der Waals surface area contributed by atoms with Crippen molar-refractivity contribution in [2.24, 2.45) is 0 Å². The Morgan fingerprint density at radius 1 is 1.34 bits per heavy atom. The number of nitrogens with one attached hydrogen (secondary N) is 2. The predicted octanol–water partition coefficient (Wildman–Crippen LogP) is 5.01. The van der Waals surface area contributed by atoms with Crippen molar-refractivity contribution in [3.05, 3.63) is 59.2 Å². The van der Waals surface area contributed by atoms with Crippen molar-refractivity contribution in [3.8, 4) is 11.3 Å². The summed E-state index contributed by atoms with van der Waals surface area (Å²) in [6.45, 7) is 4.01. The zero-order valence-corrected chi connectivity index (χ0v) is 16.6. The highest BCUT2D eigenvalue weighted by atomic mass is 32.1. The molecule has 1 aromatic carbocycles. The van der Waals surface area contributed by atoms with E-state index >= 15 is 0 Å². The second-order valence-corrected chi connectivity index (χ2v) is 8.17. The molecule has 0 saturated heterocycles. The largest absolute Gasteiger partial charge is 0.381 e. The lowest BCUT2D eigenvalue weighted by Crippen LogP contribution is -2.34. The third kappa shape index (κ3) is 2.87. The minimum Gasteiger partial charge on any atom is -0.381 e. The summed E-state index contributed by atoms with van der Waals surface area (Å²) in [7, 11) is 0. The number of pyridine rings is 2. The highest BCUT2D eigenvalue weighted by Gasteiger charge is 2.24. The van der Waals surface area contributed by atoms with Crippen molar-refractivity contribution in [3.63, 3.8) is 0 Å². The molecule has 1 aliphatic heterocycles. The van der Waals surface area contributed by atoms with Gasteiger partial charge in [0.2, 0.25) is 0 Å². The van der Waals surface area contributed by atoms with Crippen LogP contribution in [0.2, 0.25) is 0 Å². The molecular formula is C23H20N4OS. The van der Waals surface area contributed by atoms with Crippen LogP contribution < -0.4 is 10.6 Å². The first kappa shape index (κ1) is 14.7. The molecule has 4 aromatic rings. The van der Waals surface area contributed by atoms with Gasteiger partial charge in [0.15, 0.2) is 0 Å². The number of hydrogen-bond donors (Lipinski definition) is 2. The Morgan fingerprint density at radius 3 is 3.07 bits per heavy atom. The zero-order chi connectivity index (χ0) is 22.6. The van der Waals surface area contributed by atoms with Crippen LogP contribution in [0.1, 0.15) is 32.0 Å². The molecule has 1 amide bonds. The smallest absolute Gasteiger partial charge is 0.263 e. The number of rotatable bonds is 2. The maximum Gasteiger partial charge on any atom is 0.263 e. The van der Waals surface area contributed by atoms with Gasteiger partial charge in [-0.05, 0) is 55.7 Å².